The molecule has 3 rings (SSSR count). The van der Waals surface area contributed by atoms with Gasteiger partial charge in [0.1, 0.15) is 0 Å². The molecule has 0 aliphatic heterocycles. The molecule has 3 aromatic rings. The molecule has 2 aromatic carbocycles. The number of aromatic nitrogens is 1. The maximum Gasteiger partial charge on any atom is 0.419 e. The van der Waals surface area contributed by atoms with E-state index in [1.165, 1.54) is 4.57 Å². The van der Waals surface area contributed by atoms with Crippen LogP contribution in [0.3, 0.4) is 0 Å². The summed E-state index contributed by atoms with van der Waals surface area (Å²) in [6, 6.07) is 13.6. The second-order valence-electron chi connectivity index (χ2n) is 5.69. The average Bonchev–Trinajstić information content (AvgIpc) is 2.82. The van der Waals surface area contributed by atoms with E-state index in [4.69, 9.17) is 15.9 Å². The largest absolute Gasteiger partial charge is 0.419 e. The molecular formula is C18H19N3O2. The molecule has 0 radical (unpaired) electrons. The lowest BCUT2D eigenvalue weighted by atomic mass is 10.00. The summed E-state index contributed by atoms with van der Waals surface area (Å²) in [5.74, 6) is -0.358. The van der Waals surface area contributed by atoms with Crippen LogP contribution in [-0.4, -0.2) is 10.6 Å². The zero-order valence-electron chi connectivity index (χ0n) is 13.0. The summed E-state index contributed by atoms with van der Waals surface area (Å²) in [4.78, 5) is 11.6. The van der Waals surface area contributed by atoms with E-state index < -0.39 is 0 Å². The maximum absolute atomic E-state index is 11.6. The van der Waals surface area contributed by atoms with E-state index >= 15 is 0 Å². The van der Waals surface area contributed by atoms with Crippen LogP contribution in [0.5, 0.6) is 0 Å². The molecule has 1 aromatic heterocycles. The van der Waals surface area contributed by atoms with Crippen LogP contribution in [0.25, 0.3) is 22.2 Å². The first kappa shape index (κ1) is 15.1. The van der Waals surface area contributed by atoms with Gasteiger partial charge >= 0.3 is 5.76 Å². The van der Waals surface area contributed by atoms with E-state index in [9.17, 15) is 4.79 Å². The second kappa shape index (κ2) is 5.78. The van der Waals surface area contributed by atoms with E-state index in [2.05, 4.69) is 6.58 Å². The van der Waals surface area contributed by atoms with Crippen molar-refractivity contribution in [2.45, 2.75) is 12.5 Å². The third-order valence-electron chi connectivity index (χ3n) is 4.01. The fourth-order valence-corrected chi connectivity index (χ4v) is 2.52. The zero-order valence-corrected chi connectivity index (χ0v) is 13.0. The van der Waals surface area contributed by atoms with Gasteiger partial charge in [-0.15, -0.1) is 0 Å². The number of oxazole rings is 1. The summed E-state index contributed by atoms with van der Waals surface area (Å²) in [5, 5.41) is 0. The summed E-state index contributed by atoms with van der Waals surface area (Å²) in [7, 11) is 1.70. The van der Waals surface area contributed by atoms with Crippen molar-refractivity contribution in [3.8, 4) is 11.1 Å². The molecular weight excluding hydrogens is 290 g/mol. The Morgan fingerprint density at radius 2 is 1.87 bits per heavy atom. The van der Waals surface area contributed by atoms with E-state index in [1.54, 1.807) is 7.05 Å². The van der Waals surface area contributed by atoms with Crippen molar-refractivity contribution in [2.75, 3.05) is 0 Å². The second-order valence-corrected chi connectivity index (χ2v) is 5.69. The van der Waals surface area contributed by atoms with Crippen LogP contribution < -0.4 is 17.2 Å². The molecule has 5 heteroatoms. The lowest BCUT2D eigenvalue weighted by Crippen LogP contribution is -2.28. The molecule has 23 heavy (non-hydrogen) atoms. The minimum absolute atomic E-state index is 0.238. The Bertz CT molecular complexity index is 920. The van der Waals surface area contributed by atoms with Gasteiger partial charge in [-0.05, 0) is 35.2 Å². The molecule has 0 aliphatic carbocycles. The van der Waals surface area contributed by atoms with Gasteiger partial charge in [-0.2, -0.15) is 0 Å². The highest BCUT2D eigenvalue weighted by atomic mass is 16.4. The Balaban J connectivity index is 1.91. The van der Waals surface area contributed by atoms with Gasteiger partial charge < -0.3 is 15.9 Å². The quantitative estimate of drug-likeness (QED) is 0.773. The summed E-state index contributed by atoms with van der Waals surface area (Å²) >= 11 is 0. The van der Waals surface area contributed by atoms with Crippen molar-refractivity contribution in [1.82, 2.24) is 4.57 Å². The smallest absolute Gasteiger partial charge is 0.408 e. The van der Waals surface area contributed by atoms with Gasteiger partial charge in [-0.25, -0.2) is 4.79 Å². The number of nitrogens with two attached hydrogens (primary N) is 2. The molecule has 1 atom stereocenters. The molecule has 1 unspecified atom stereocenters. The van der Waals surface area contributed by atoms with E-state index in [1.807, 2.05) is 42.5 Å². The highest BCUT2D eigenvalue weighted by Crippen LogP contribution is 2.24. The minimum Gasteiger partial charge on any atom is -0.408 e. The van der Waals surface area contributed by atoms with Crippen LogP contribution in [0, 0.1) is 0 Å². The van der Waals surface area contributed by atoms with Crippen LogP contribution in [0.1, 0.15) is 5.56 Å². The number of hydrogen-bond acceptors (Lipinski definition) is 4. The third kappa shape index (κ3) is 2.91. The van der Waals surface area contributed by atoms with Crippen molar-refractivity contribution in [3.05, 3.63) is 70.9 Å². The summed E-state index contributed by atoms with van der Waals surface area (Å²) in [5.41, 5.74) is 16.6. The number of aryl methyl sites for hydroxylation is 1. The number of fused-ring (bicyclic) bond motifs is 1. The lowest BCUT2D eigenvalue weighted by Gasteiger charge is -2.11. The van der Waals surface area contributed by atoms with Gasteiger partial charge in [0.05, 0.1) is 5.52 Å². The number of benzene rings is 2. The fourth-order valence-electron chi connectivity index (χ4n) is 2.52. The summed E-state index contributed by atoms with van der Waals surface area (Å²) in [6.45, 7) is 3.67. The maximum atomic E-state index is 11.6. The minimum atomic E-state index is -0.358. The van der Waals surface area contributed by atoms with Crippen LogP contribution >= 0.6 is 0 Å². The first-order valence-corrected chi connectivity index (χ1v) is 7.34. The summed E-state index contributed by atoms with van der Waals surface area (Å²) in [6.07, 6.45) is 0.658. The Morgan fingerprint density at radius 3 is 2.52 bits per heavy atom. The predicted molar refractivity (Wildman–Crippen MR) is 91.9 cm³/mol. The van der Waals surface area contributed by atoms with Crippen molar-refractivity contribution >= 4 is 11.1 Å². The van der Waals surface area contributed by atoms with Crippen molar-refractivity contribution in [1.29, 1.82) is 0 Å². The Labute approximate surface area is 133 Å². The topological polar surface area (TPSA) is 87.2 Å². The molecule has 0 saturated carbocycles. The molecule has 0 aliphatic rings. The standard InChI is InChI=1S/C18H19N3O2/c1-11(19)15(20)9-12-3-5-13(6-4-12)14-7-8-17-16(10-14)21(2)18(22)23-17/h3-8,10,15H,1,9,19-20H2,2H3. The van der Waals surface area contributed by atoms with Gasteiger partial charge in [0.2, 0.25) is 0 Å². The molecule has 5 nitrogen and oxygen atoms in total. The molecule has 0 bridgehead atoms. The van der Waals surface area contributed by atoms with Crippen molar-refractivity contribution in [2.24, 2.45) is 18.5 Å². The zero-order chi connectivity index (χ0) is 16.6. The Morgan fingerprint density at radius 1 is 1.22 bits per heavy atom. The van der Waals surface area contributed by atoms with Gasteiger partial charge in [0, 0.05) is 18.8 Å². The van der Waals surface area contributed by atoms with Gasteiger partial charge in [-0.3, -0.25) is 4.57 Å². The van der Waals surface area contributed by atoms with E-state index in [-0.39, 0.29) is 11.8 Å². The van der Waals surface area contributed by atoms with Crippen LogP contribution in [-0.2, 0) is 13.5 Å². The number of rotatable bonds is 4. The van der Waals surface area contributed by atoms with Gasteiger partial charge in [0.15, 0.2) is 5.58 Å². The van der Waals surface area contributed by atoms with Crippen LogP contribution in [0.2, 0.25) is 0 Å². The SMILES string of the molecule is C=C(N)C(N)Cc1ccc(-c2ccc3oc(=O)n(C)c3c2)cc1. The normalized spacial score (nSPS) is 12.4. The monoisotopic (exact) mass is 309 g/mol. The first-order chi connectivity index (χ1) is 11.0. The van der Waals surface area contributed by atoms with Crippen molar-refractivity contribution in [3.63, 3.8) is 0 Å². The predicted octanol–water partition coefficient (Wildman–Crippen LogP) is 2.14. The van der Waals surface area contributed by atoms with E-state index in [0.29, 0.717) is 17.7 Å². The molecule has 0 amide bonds. The molecule has 0 spiro atoms. The van der Waals surface area contributed by atoms with Crippen LogP contribution in [0.4, 0.5) is 0 Å². The molecule has 118 valence electrons. The summed E-state index contributed by atoms with van der Waals surface area (Å²) < 4.78 is 6.65. The molecule has 0 fully saturated rings. The number of nitrogens with zero attached hydrogens (tertiary/aromatic N) is 1. The van der Waals surface area contributed by atoms with Gasteiger partial charge in [-0.1, -0.05) is 36.9 Å². The Hall–Kier alpha value is -2.79. The number of hydrogen-bond donors (Lipinski definition) is 2. The molecule has 1 heterocycles. The van der Waals surface area contributed by atoms with Crippen LogP contribution in [0.15, 0.2) is 64.0 Å². The highest BCUT2D eigenvalue weighted by Gasteiger charge is 2.09. The lowest BCUT2D eigenvalue weighted by molar-refractivity contribution is 0.528. The van der Waals surface area contributed by atoms with Gasteiger partial charge in [0.25, 0.3) is 0 Å². The fraction of sp³-hybridized carbons (Fsp3) is 0.167. The van der Waals surface area contributed by atoms with E-state index in [0.717, 1.165) is 22.2 Å². The first-order valence-electron chi connectivity index (χ1n) is 7.34. The average molecular weight is 309 g/mol. The molecule has 0 saturated heterocycles. The highest BCUT2D eigenvalue weighted by molar-refractivity contribution is 5.80. The third-order valence-corrected chi connectivity index (χ3v) is 4.01. The van der Waals surface area contributed by atoms with Crippen molar-refractivity contribution < 1.29 is 4.42 Å². The molecule has 4 N–H and O–H groups in total. The Kier molecular flexibility index (Phi) is 3.80.